The Morgan fingerprint density at radius 3 is 3.00 bits per heavy atom. The number of nitrogens with one attached hydrogen (secondary N) is 1. The van der Waals surface area contributed by atoms with Crippen LogP contribution in [0.1, 0.15) is 17.0 Å². The number of halogens is 1. The van der Waals surface area contributed by atoms with Crippen LogP contribution >= 0.6 is 11.6 Å². The van der Waals surface area contributed by atoms with Gasteiger partial charge in [0.25, 0.3) is 0 Å². The van der Waals surface area contributed by atoms with Gasteiger partial charge in [-0.1, -0.05) is 11.6 Å². The fourth-order valence-electron chi connectivity index (χ4n) is 1.54. The van der Waals surface area contributed by atoms with E-state index in [1.54, 1.807) is 12.5 Å². The van der Waals surface area contributed by atoms with Crippen LogP contribution in [0.15, 0.2) is 22.9 Å². The molecule has 0 aliphatic rings. The minimum absolute atomic E-state index is 0.613. The summed E-state index contributed by atoms with van der Waals surface area (Å²) in [5.41, 5.74) is 2.08. The van der Waals surface area contributed by atoms with E-state index in [1.165, 1.54) is 0 Å². The normalized spacial score (nSPS) is 10.9. The zero-order valence-corrected chi connectivity index (χ0v) is 10.1. The molecular formula is C11H14ClN3O. The van der Waals surface area contributed by atoms with Gasteiger partial charge in [0.15, 0.2) is 0 Å². The first kappa shape index (κ1) is 11.2. The van der Waals surface area contributed by atoms with Crippen molar-refractivity contribution >= 4 is 11.6 Å². The highest BCUT2D eigenvalue weighted by molar-refractivity contribution is 6.31. The zero-order chi connectivity index (χ0) is 11.5. The van der Waals surface area contributed by atoms with Gasteiger partial charge in [0.2, 0.25) is 0 Å². The Morgan fingerprint density at radius 2 is 2.38 bits per heavy atom. The Hall–Kier alpha value is -1.26. The number of nitrogens with zero attached hydrogens (tertiary/aromatic N) is 2. The van der Waals surface area contributed by atoms with E-state index in [0.717, 1.165) is 23.6 Å². The molecule has 2 heterocycles. The summed E-state index contributed by atoms with van der Waals surface area (Å²) in [6.45, 7) is 3.36. The van der Waals surface area contributed by atoms with Gasteiger partial charge < -0.3 is 9.73 Å². The Balaban J connectivity index is 2.11. The van der Waals surface area contributed by atoms with Crippen molar-refractivity contribution in [3.8, 4) is 0 Å². The minimum Gasteiger partial charge on any atom is -0.467 e. The van der Waals surface area contributed by atoms with Crippen molar-refractivity contribution in [1.82, 2.24) is 15.1 Å². The van der Waals surface area contributed by atoms with Gasteiger partial charge in [-0.25, -0.2) is 0 Å². The molecule has 0 unspecified atom stereocenters. The van der Waals surface area contributed by atoms with Crippen LogP contribution in [0, 0.1) is 6.92 Å². The molecule has 2 aromatic rings. The third kappa shape index (κ3) is 2.28. The third-order valence-corrected chi connectivity index (χ3v) is 2.81. The van der Waals surface area contributed by atoms with Crippen LogP contribution in [0.2, 0.25) is 5.02 Å². The second kappa shape index (κ2) is 4.72. The summed E-state index contributed by atoms with van der Waals surface area (Å²) in [7, 11) is 1.91. The van der Waals surface area contributed by atoms with E-state index < -0.39 is 0 Å². The highest BCUT2D eigenvalue weighted by Crippen LogP contribution is 2.16. The third-order valence-electron chi connectivity index (χ3n) is 2.44. The summed E-state index contributed by atoms with van der Waals surface area (Å²) in [5.74, 6) is 0.883. The molecule has 4 nitrogen and oxygen atoms in total. The summed E-state index contributed by atoms with van der Waals surface area (Å²) in [6.07, 6.45) is 3.40. The van der Waals surface area contributed by atoms with Crippen LogP contribution in [0.4, 0.5) is 0 Å². The second-order valence-corrected chi connectivity index (χ2v) is 4.09. The van der Waals surface area contributed by atoms with Gasteiger partial charge >= 0.3 is 0 Å². The van der Waals surface area contributed by atoms with Crippen molar-refractivity contribution in [2.75, 3.05) is 7.05 Å². The molecule has 16 heavy (non-hydrogen) atoms. The van der Waals surface area contributed by atoms with Crippen molar-refractivity contribution in [2.45, 2.75) is 20.0 Å². The molecule has 2 rings (SSSR count). The number of furan rings is 1. The number of rotatable bonds is 4. The highest BCUT2D eigenvalue weighted by atomic mass is 35.5. The van der Waals surface area contributed by atoms with Crippen LogP contribution in [-0.2, 0) is 13.1 Å². The van der Waals surface area contributed by atoms with Crippen LogP contribution in [0.3, 0.4) is 0 Å². The number of hydrogen-bond donors (Lipinski definition) is 1. The van der Waals surface area contributed by atoms with Crippen molar-refractivity contribution in [3.05, 3.63) is 40.6 Å². The summed E-state index contributed by atoms with van der Waals surface area (Å²) in [4.78, 5) is 0. The van der Waals surface area contributed by atoms with E-state index in [1.807, 2.05) is 24.7 Å². The molecule has 2 aromatic heterocycles. The quantitative estimate of drug-likeness (QED) is 0.890. The van der Waals surface area contributed by atoms with E-state index in [2.05, 4.69) is 10.4 Å². The SMILES string of the molecule is CNCc1coc(Cn2ncc(Cl)c2C)c1. The fourth-order valence-corrected chi connectivity index (χ4v) is 1.68. The smallest absolute Gasteiger partial charge is 0.125 e. The van der Waals surface area contributed by atoms with Crippen molar-refractivity contribution < 1.29 is 4.42 Å². The molecule has 0 fully saturated rings. The maximum absolute atomic E-state index is 5.93. The van der Waals surface area contributed by atoms with Gasteiger partial charge in [-0.3, -0.25) is 4.68 Å². The van der Waals surface area contributed by atoms with Crippen LogP contribution in [-0.4, -0.2) is 16.8 Å². The van der Waals surface area contributed by atoms with E-state index in [-0.39, 0.29) is 0 Å². The molecule has 86 valence electrons. The van der Waals surface area contributed by atoms with Gasteiger partial charge in [0.05, 0.1) is 29.7 Å². The molecule has 5 heteroatoms. The Kier molecular flexibility index (Phi) is 3.31. The Labute approximate surface area is 99.2 Å². The lowest BCUT2D eigenvalue weighted by atomic mass is 10.3. The molecule has 0 saturated heterocycles. The van der Waals surface area contributed by atoms with Crippen molar-refractivity contribution in [3.63, 3.8) is 0 Å². The average Bonchev–Trinajstić information content (AvgIpc) is 2.82. The predicted molar refractivity (Wildman–Crippen MR) is 62.5 cm³/mol. The lowest BCUT2D eigenvalue weighted by Crippen LogP contribution is -2.04. The Bertz CT molecular complexity index is 475. The van der Waals surface area contributed by atoms with Crippen LogP contribution in [0.5, 0.6) is 0 Å². The largest absolute Gasteiger partial charge is 0.467 e. The maximum Gasteiger partial charge on any atom is 0.125 e. The molecule has 0 aromatic carbocycles. The summed E-state index contributed by atoms with van der Waals surface area (Å²) in [6, 6.07) is 2.02. The summed E-state index contributed by atoms with van der Waals surface area (Å²) < 4.78 is 7.27. The predicted octanol–water partition coefficient (Wildman–Crippen LogP) is 2.21. The molecule has 0 aliphatic carbocycles. The van der Waals surface area contributed by atoms with E-state index in [4.69, 9.17) is 16.0 Å². The first-order valence-corrected chi connectivity index (χ1v) is 5.47. The molecule has 0 radical (unpaired) electrons. The first-order chi connectivity index (χ1) is 7.70. The van der Waals surface area contributed by atoms with E-state index in [0.29, 0.717) is 11.6 Å². The molecule has 1 N–H and O–H groups in total. The summed E-state index contributed by atoms with van der Waals surface area (Å²) >= 11 is 5.93. The standard InChI is InChI=1S/C11H14ClN3O/c1-8-11(12)5-14-15(8)6-10-3-9(4-13-2)7-16-10/h3,5,7,13H,4,6H2,1-2H3. The molecule has 0 atom stereocenters. The van der Waals surface area contributed by atoms with E-state index >= 15 is 0 Å². The molecule has 0 spiro atoms. The molecule has 0 amide bonds. The van der Waals surface area contributed by atoms with Crippen LogP contribution in [0.25, 0.3) is 0 Å². The van der Waals surface area contributed by atoms with Gasteiger partial charge in [-0.05, 0) is 20.0 Å². The highest BCUT2D eigenvalue weighted by Gasteiger charge is 2.07. The first-order valence-electron chi connectivity index (χ1n) is 5.09. The van der Waals surface area contributed by atoms with Crippen LogP contribution < -0.4 is 5.32 Å². The van der Waals surface area contributed by atoms with E-state index in [9.17, 15) is 0 Å². The van der Waals surface area contributed by atoms with Crippen molar-refractivity contribution in [1.29, 1.82) is 0 Å². The number of aromatic nitrogens is 2. The molecule has 0 saturated carbocycles. The van der Waals surface area contributed by atoms with Gasteiger partial charge in [-0.2, -0.15) is 5.10 Å². The average molecular weight is 240 g/mol. The van der Waals surface area contributed by atoms with Gasteiger partial charge in [0.1, 0.15) is 5.76 Å². The minimum atomic E-state index is 0.613. The van der Waals surface area contributed by atoms with Gasteiger partial charge in [-0.15, -0.1) is 0 Å². The van der Waals surface area contributed by atoms with Gasteiger partial charge in [0, 0.05) is 12.1 Å². The molecule has 0 bridgehead atoms. The Morgan fingerprint density at radius 1 is 1.56 bits per heavy atom. The lowest BCUT2D eigenvalue weighted by molar-refractivity contribution is 0.475. The topological polar surface area (TPSA) is 43.0 Å². The molecule has 0 aliphatic heterocycles. The fraction of sp³-hybridized carbons (Fsp3) is 0.364. The number of hydrogen-bond acceptors (Lipinski definition) is 3. The lowest BCUT2D eigenvalue weighted by Gasteiger charge is -2.00. The maximum atomic E-state index is 5.93. The monoisotopic (exact) mass is 239 g/mol. The zero-order valence-electron chi connectivity index (χ0n) is 9.33. The molecular weight excluding hydrogens is 226 g/mol. The van der Waals surface area contributed by atoms with Crippen molar-refractivity contribution in [2.24, 2.45) is 0 Å². The second-order valence-electron chi connectivity index (χ2n) is 3.69. The summed E-state index contributed by atoms with van der Waals surface area (Å²) in [5, 5.41) is 7.93.